The number of aliphatic hydroxyl groups excluding tert-OH is 1. The summed E-state index contributed by atoms with van der Waals surface area (Å²) in [6.45, 7) is 3.68. The van der Waals surface area contributed by atoms with Crippen molar-refractivity contribution in [1.29, 1.82) is 0 Å². The van der Waals surface area contributed by atoms with Crippen LogP contribution in [0.1, 0.15) is 41.9 Å². The first kappa shape index (κ1) is 17.4. The highest BCUT2D eigenvalue weighted by Crippen LogP contribution is 2.23. The zero-order chi connectivity index (χ0) is 17.8. The van der Waals surface area contributed by atoms with Crippen molar-refractivity contribution < 1.29 is 9.90 Å². The monoisotopic (exact) mass is 339 g/mol. The Hall–Kier alpha value is -2.40. The Labute approximate surface area is 148 Å². The third-order valence-corrected chi connectivity index (χ3v) is 4.96. The summed E-state index contributed by atoms with van der Waals surface area (Å²) in [5.74, 6) is -0.0150. The van der Waals surface area contributed by atoms with Crippen LogP contribution in [0.15, 0.2) is 48.7 Å². The van der Waals surface area contributed by atoms with Crippen molar-refractivity contribution in [3.63, 3.8) is 0 Å². The Morgan fingerprint density at radius 1 is 1.20 bits per heavy atom. The van der Waals surface area contributed by atoms with Gasteiger partial charge < -0.3 is 14.9 Å². The molecule has 1 aliphatic heterocycles. The van der Waals surface area contributed by atoms with Crippen LogP contribution >= 0.6 is 0 Å². The molecule has 0 aliphatic carbocycles. The van der Waals surface area contributed by atoms with E-state index < -0.39 is 0 Å². The third-order valence-electron chi connectivity index (χ3n) is 4.96. The molecule has 0 radical (unpaired) electrons. The van der Waals surface area contributed by atoms with Gasteiger partial charge in [-0.2, -0.15) is 0 Å². The molecular formula is C20H25N3O2. The summed E-state index contributed by atoms with van der Waals surface area (Å²) in [6, 6.07) is 13.4. The number of hydrogen-bond acceptors (Lipinski definition) is 4. The van der Waals surface area contributed by atoms with Gasteiger partial charge in [0.25, 0.3) is 5.91 Å². The second-order valence-electron chi connectivity index (χ2n) is 6.61. The second-order valence-corrected chi connectivity index (χ2v) is 6.61. The number of benzene rings is 1. The van der Waals surface area contributed by atoms with E-state index >= 15 is 0 Å². The standard InChI is InChI=1S/C20H25N3O2/c1-15(19-5-3-4-12-21-19)22(2)20(25)16-6-8-17(9-7-16)23-13-10-18(24)11-14-23/h3-9,12,15,18,24H,10-11,13-14H2,1-2H3. The van der Waals surface area contributed by atoms with Gasteiger partial charge in [0.05, 0.1) is 17.8 Å². The molecule has 1 aromatic carbocycles. The zero-order valence-corrected chi connectivity index (χ0v) is 14.8. The maximum absolute atomic E-state index is 12.7. The fourth-order valence-electron chi connectivity index (χ4n) is 3.14. The predicted octanol–water partition coefficient (Wildman–Crippen LogP) is 2.88. The van der Waals surface area contributed by atoms with Crippen LogP contribution in [0.4, 0.5) is 5.69 Å². The van der Waals surface area contributed by atoms with Crippen LogP contribution in [-0.4, -0.2) is 47.1 Å². The van der Waals surface area contributed by atoms with Gasteiger partial charge in [-0.3, -0.25) is 9.78 Å². The van der Waals surface area contributed by atoms with Gasteiger partial charge in [-0.15, -0.1) is 0 Å². The average molecular weight is 339 g/mol. The molecule has 25 heavy (non-hydrogen) atoms. The summed E-state index contributed by atoms with van der Waals surface area (Å²) >= 11 is 0. The van der Waals surface area contributed by atoms with Crippen LogP contribution in [-0.2, 0) is 0 Å². The SMILES string of the molecule is CC(c1ccccn1)N(C)C(=O)c1ccc(N2CCC(O)CC2)cc1. The number of anilines is 1. The Morgan fingerprint density at radius 3 is 2.48 bits per heavy atom. The van der Waals surface area contributed by atoms with Crippen molar-refractivity contribution in [3.05, 3.63) is 59.9 Å². The number of aromatic nitrogens is 1. The number of rotatable bonds is 4. The van der Waals surface area contributed by atoms with E-state index in [1.807, 2.05) is 56.4 Å². The van der Waals surface area contributed by atoms with Gasteiger partial charge >= 0.3 is 0 Å². The first-order valence-corrected chi connectivity index (χ1v) is 8.77. The van der Waals surface area contributed by atoms with Gasteiger partial charge in [0, 0.05) is 37.6 Å². The highest BCUT2D eigenvalue weighted by molar-refractivity contribution is 5.94. The molecule has 1 N–H and O–H groups in total. The average Bonchev–Trinajstić information content (AvgIpc) is 2.67. The quantitative estimate of drug-likeness (QED) is 0.931. The molecule has 1 amide bonds. The Bertz CT molecular complexity index is 695. The van der Waals surface area contributed by atoms with Gasteiger partial charge in [-0.1, -0.05) is 6.07 Å². The number of hydrogen-bond donors (Lipinski definition) is 1. The molecule has 1 atom stereocenters. The van der Waals surface area contributed by atoms with Crippen LogP contribution in [0.3, 0.4) is 0 Å². The maximum atomic E-state index is 12.7. The summed E-state index contributed by atoms with van der Waals surface area (Å²) in [7, 11) is 1.81. The van der Waals surface area contributed by atoms with Gasteiger partial charge in [-0.25, -0.2) is 0 Å². The number of piperidine rings is 1. The van der Waals surface area contributed by atoms with E-state index in [4.69, 9.17) is 0 Å². The lowest BCUT2D eigenvalue weighted by atomic mass is 10.1. The van der Waals surface area contributed by atoms with E-state index in [0.29, 0.717) is 5.56 Å². The zero-order valence-electron chi connectivity index (χ0n) is 14.8. The summed E-state index contributed by atoms with van der Waals surface area (Å²) in [6.07, 6.45) is 3.16. The van der Waals surface area contributed by atoms with Crippen molar-refractivity contribution in [3.8, 4) is 0 Å². The minimum atomic E-state index is -0.182. The Morgan fingerprint density at radius 2 is 1.88 bits per heavy atom. The first-order chi connectivity index (χ1) is 12.1. The number of aliphatic hydroxyl groups is 1. The van der Waals surface area contributed by atoms with Crippen molar-refractivity contribution in [2.75, 3.05) is 25.0 Å². The molecule has 0 spiro atoms. The van der Waals surface area contributed by atoms with E-state index in [2.05, 4.69) is 9.88 Å². The van der Waals surface area contributed by atoms with Crippen LogP contribution in [0.25, 0.3) is 0 Å². The molecule has 0 bridgehead atoms. The molecule has 0 saturated carbocycles. The van der Waals surface area contributed by atoms with Crippen molar-refractivity contribution >= 4 is 11.6 Å². The van der Waals surface area contributed by atoms with Gasteiger partial charge in [0.15, 0.2) is 0 Å². The summed E-state index contributed by atoms with van der Waals surface area (Å²) in [4.78, 5) is 21.0. The largest absolute Gasteiger partial charge is 0.393 e. The van der Waals surface area contributed by atoms with Gasteiger partial charge in [0.1, 0.15) is 0 Å². The predicted molar refractivity (Wildman–Crippen MR) is 98.6 cm³/mol. The summed E-state index contributed by atoms with van der Waals surface area (Å²) < 4.78 is 0. The lowest BCUT2D eigenvalue weighted by Crippen LogP contribution is -2.35. The highest BCUT2D eigenvalue weighted by atomic mass is 16.3. The third kappa shape index (κ3) is 3.99. The number of nitrogens with zero attached hydrogens (tertiary/aromatic N) is 3. The lowest BCUT2D eigenvalue weighted by molar-refractivity contribution is 0.0740. The van der Waals surface area contributed by atoms with Crippen molar-refractivity contribution in [2.24, 2.45) is 0 Å². The molecule has 5 nitrogen and oxygen atoms in total. The van der Waals surface area contributed by atoms with Gasteiger partial charge in [-0.05, 0) is 56.2 Å². The molecule has 1 fully saturated rings. The second kappa shape index (κ2) is 7.66. The normalized spacial score (nSPS) is 16.5. The van der Waals surface area contributed by atoms with E-state index in [-0.39, 0.29) is 18.1 Å². The Balaban J connectivity index is 1.68. The summed E-state index contributed by atoms with van der Waals surface area (Å²) in [5, 5.41) is 9.62. The summed E-state index contributed by atoms with van der Waals surface area (Å²) in [5.41, 5.74) is 2.65. The molecule has 3 rings (SSSR count). The molecule has 1 saturated heterocycles. The van der Waals surface area contributed by atoms with Gasteiger partial charge in [0.2, 0.25) is 0 Å². The number of carbonyl (C=O) groups is 1. The fraction of sp³-hybridized carbons (Fsp3) is 0.400. The smallest absolute Gasteiger partial charge is 0.254 e. The Kier molecular flexibility index (Phi) is 5.34. The maximum Gasteiger partial charge on any atom is 0.254 e. The van der Waals surface area contributed by atoms with E-state index in [1.54, 1.807) is 11.1 Å². The van der Waals surface area contributed by atoms with Crippen LogP contribution < -0.4 is 4.90 Å². The van der Waals surface area contributed by atoms with Crippen molar-refractivity contribution in [2.45, 2.75) is 31.9 Å². The van der Waals surface area contributed by atoms with Crippen molar-refractivity contribution in [1.82, 2.24) is 9.88 Å². The highest BCUT2D eigenvalue weighted by Gasteiger charge is 2.21. The van der Waals surface area contributed by atoms with E-state index in [0.717, 1.165) is 37.3 Å². The van der Waals surface area contributed by atoms with Crippen LogP contribution in [0.2, 0.25) is 0 Å². The minimum Gasteiger partial charge on any atom is -0.393 e. The molecule has 1 unspecified atom stereocenters. The molecule has 5 heteroatoms. The number of amides is 1. The molecule has 2 aromatic rings. The topological polar surface area (TPSA) is 56.7 Å². The lowest BCUT2D eigenvalue weighted by Gasteiger charge is -2.31. The van der Waals surface area contributed by atoms with Crippen LogP contribution in [0.5, 0.6) is 0 Å². The van der Waals surface area contributed by atoms with E-state index in [9.17, 15) is 9.90 Å². The molecule has 1 aromatic heterocycles. The number of pyridine rings is 1. The molecule has 1 aliphatic rings. The molecule has 132 valence electrons. The van der Waals surface area contributed by atoms with E-state index in [1.165, 1.54) is 0 Å². The molecule has 2 heterocycles. The van der Waals surface area contributed by atoms with Crippen LogP contribution in [0, 0.1) is 0 Å². The fourth-order valence-corrected chi connectivity index (χ4v) is 3.14. The molecular weight excluding hydrogens is 314 g/mol. The first-order valence-electron chi connectivity index (χ1n) is 8.77. The minimum absolute atomic E-state index is 0.0150. The number of carbonyl (C=O) groups excluding carboxylic acids is 1.